The van der Waals surface area contributed by atoms with E-state index in [0.717, 1.165) is 50.8 Å². The smallest absolute Gasteiger partial charge is 0.311 e. The summed E-state index contributed by atoms with van der Waals surface area (Å²) in [5.74, 6) is -0.0181. The van der Waals surface area contributed by atoms with Crippen LogP contribution >= 0.6 is 0 Å². The van der Waals surface area contributed by atoms with Gasteiger partial charge >= 0.3 is 5.97 Å². The highest BCUT2D eigenvalue weighted by Gasteiger charge is 2.52. The summed E-state index contributed by atoms with van der Waals surface area (Å²) < 4.78 is 5.01. The Kier molecular flexibility index (Phi) is 3.82. The van der Waals surface area contributed by atoms with E-state index in [2.05, 4.69) is 11.4 Å². The van der Waals surface area contributed by atoms with E-state index in [-0.39, 0.29) is 11.4 Å². The molecule has 2 bridgehead atoms. The van der Waals surface area contributed by atoms with E-state index >= 15 is 0 Å². The summed E-state index contributed by atoms with van der Waals surface area (Å²) in [7, 11) is 1.50. The molecule has 0 aromatic heterocycles. The van der Waals surface area contributed by atoms with E-state index in [4.69, 9.17) is 10.00 Å². The molecule has 116 valence electrons. The second-order valence-corrected chi connectivity index (χ2v) is 6.82. The molecular weight excluding hydrogens is 276 g/mol. The van der Waals surface area contributed by atoms with Gasteiger partial charge in [-0.1, -0.05) is 6.07 Å². The fraction of sp³-hybridized carbons (Fsp3) is 0.556. The summed E-state index contributed by atoms with van der Waals surface area (Å²) in [4.78, 5) is 12.0. The lowest BCUT2D eigenvalue weighted by molar-refractivity contribution is -0.162. The number of hydrogen-bond acceptors (Lipinski definition) is 4. The van der Waals surface area contributed by atoms with E-state index in [1.54, 1.807) is 0 Å². The summed E-state index contributed by atoms with van der Waals surface area (Å²) in [6, 6.07) is 9.78. The normalized spacial score (nSPS) is 29.6. The van der Waals surface area contributed by atoms with Crippen molar-refractivity contribution in [1.29, 1.82) is 5.26 Å². The first kappa shape index (κ1) is 14.9. The topological polar surface area (TPSA) is 62.1 Å². The van der Waals surface area contributed by atoms with Gasteiger partial charge in [-0.2, -0.15) is 5.26 Å². The lowest BCUT2D eigenvalue weighted by atomic mass is 9.53. The molecule has 4 heteroatoms. The zero-order chi connectivity index (χ0) is 15.6. The molecule has 1 aromatic carbocycles. The molecule has 0 heterocycles. The van der Waals surface area contributed by atoms with E-state index in [9.17, 15) is 4.79 Å². The number of carbonyl (C=O) groups excluding carboxylic acids is 1. The second-order valence-electron chi connectivity index (χ2n) is 6.82. The summed E-state index contributed by atoms with van der Waals surface area (Å²) >= 11 is 0. The molecule has 1 aromatic rings. The first-order valence-electron chi connectivity index (χ1n) is 7.94. The molecular formula is C18H22N2O2. The number of esters is 1. The largest absolute Gasteiger partial charge is 0.469 e. The fourth-order valence-electron chi connectivity index (χ4n) is 4.04. The van der Waals surface area contributed by atoms with Crippen LogP contribution in [0.4, 0.5) is 5.69 Å². The monoisotopic (exact) mass is 298 g/mol. The van der Waals surface area contributed by atoms with Gasteiger partial charge in [0.05, 0.1) is 24.2 Å². The number of hydrogen-bond donors (Lipinski definition) is 1. The van der Waals surface area contributed by atoms with Crippen LogP contribution in [0.1, 0.15) is 44.1 Å². The van der Waals surface area contributed by atoms with Crippen molar-refractivity contribution in [3.63, 3.8) is 0 Å². The summed E-state index contributed by atoms with van der Waals surface area (Å²) in [5, 5.41) is 12.5. The molecule has 3 fully saturated rings. The lowest BCUT2D eigenvalue weighted by Gasteiger charge is -2.52. The maximum Gasteiger partial charge on any atom is 0.311 e. The minimum absolute atomic E-state index is 0.0181. The Bertz CT molecular complexity index is 593. The lowest BCUT2D eigenvalue weighted by Crippen LogP contribution is -2.48. The zero-order valence-electron chi connectivity index (χ0n) is 13.0. The SMILES string of the molecule is COC(=O)C12CCC(CNc3cccc(C#N)c3)(CC1)CC2. The average Bonchev–Trinajstić information content (AvgIpc) is 2.61. The Labute approximate surface area is 131 Å². The minimum Gasteiger partial charge on any atom is -0.469 e. The number of anilines is 1. The standard InChI is InChI=1S/C18H22N2O2/c1-22-16(21)18-8-5-17(6-9-18,7-10-18)13-20-15-4-2-3-14(11-15)12-19/h2-4,11,20H,5-10,13H2,1H3. The third kappa shape index (κ3) is 2.56. The molecule has 22 heavy (non-hydrogen) atoms. The highest BCUT2D eigenvalue weighted by Crippen LogP contribution is 2.57. The number of nitriles is 1. The van der Waals surface area contributed by atoms with Gasteiger partial charge in [-0.15, -0.1) is 0 Å². The maximum absolute atomic E-state index is 12.0. The van der Waals surface area contributed by atoms with E-state index in [1.165, 1.54) is 7.11 Å². The van der Waals surface area contributed by atoms with Crippen LogP contribution in [0.3, 0.4) is 0 Å². The van der Waals surface area contributed by atoms with Crippen molar-refractivity contribution in [3.8, 4) is 6.07 Å². The van der Waals surface area contributed by atoms with Crippen molar-refractivity contribution < 1.29 is 9.53 Å². The van der Waals surface area contributed by atoms with Crippen LogP contribution in [0.2, 0.25) is 0 Å². The summed E-state index contributed by atoms with van der Waals surface area (Å²) in [6.45, 7) is 0.916. The molecule has 4 nitrogen and oxygen atoms in total. The fourth-order valence-corrected chi connectivity index (χ4v) is 4.04. The molecule has 0 spiro atoms. The van der Waals surface area contributed by atoms with Crippen molar-refractivity contribution >= 4 is 11.7 Å². The van der Waals surface area contributed by atoms with E-state index in [0.29, 0.717) is 11.0 Å². The highest BCUT2D eigenvalue weighted by molar-refractivity contribution is 5.77. The van der Waals surface area contributed by atoms with Crippen molar-refractivity contribution in [1.82, 2.24) is 0 Å². The van der Waals surface area contributed by atoms with E-state index < -0.39 is 0 Å². The molecule has 0 unspecified atom stereocenters. The third-order valence-corrected chi connectivity index (χ3v) is 5.68. The number of fused-ring (bicyclic) bond motifs is 3. The van der Waals surface area contributed by atoms with Crippen molar-refractivity contribution in [2.24, 2.45) is 10.8 Å². The molecule has 0 amide bonds. The average molecular weight is 298 g/mol. The van der Waals surface area contributed by atoms with Crippen molar-refractivity contribution in [2.45, 2.75) is 38.5 Å². The van der Waals surface area contributed by atoms with Gasteiger partial charge in [0.15, 0.2) is 0 Å². The number of methoxy groups -OCH3 is 1. The van der Waals surface area contributed by atoms with Crippen LogP contribution in [0.25, 0.3) is 0 Å². The Morgan fingerprint density at radius 3 is 2.55 bits per heavy atom. The third-order valence-electron chi connectivity index (χ3n) is 5.68. The van der Waals surface area contributed by atoms with Gasteiger partial charge in [0, 0.05) is 12.2 Å². The quantitative estimate of drug-likeness (QED) is 0.864. The van der Waals surface area contributed by atoms with Gasteiger partial charge < -0.3 is 10.1 Å². The minimum atomic E-state index is -0.211. The van der Waals surface area contributed by atoms with Gasteiger partial charge in [-0.25, -0.2) is 0 Å². The maximum atomic E-state index is 12.0. The van der Waals surface area contributed by atoms with Gasteiger partial charge in [-0.05, 0) is 62.1 Å². The molecule has 3 saturated carbocycles. The second kappa shape index (κ2) is 5.64. The van der Waals surface area contributed by atoms with Crippen LogP contribution in [0.15, 0.2) is 24.3 Å². The molecule has 0 saturated heterocycles. The molecule has 0 radical (unpaired) electrons. The predicted octanol–water partition coefficient (Wildman–Crippen LogP) is 3.48. The van der Waals surface area contributed by atoms with Crippen LogP contribution in [-0.4, -0.2) is 19.6 Å². The number of benzene rings is 1. The van der Waals surface area contributed by atoms with Gasteiger partial charge in [-0.3, -0.25) is 4.79 Å². The Morgan fingerprint density at radius 2 is 1.95 bits per heavy atom. The first-order chi connectivity index (χ1) is 10.6. The Balaban J connectivity index is 1.63. The van der Waals surface area contributed by atoms with Crippen molar-refractivity contribution in [2.75, 3.05) is 19.0 Å². The van der Waals surface area contributed by atoms with Crippen LogP contribution < -0.4 is 5.32 Å². The predicted molar refractivity (Wildman–Crippen MR) is 84.2 cm³/mol. The van der Waals surface area contributed by atoms with Crippen LogP contribution in [0, 0.1) is 22.2 Å². The molecule has 0 atom stereocenters. The van der Waals surface area contributed by atoms with Gasteiger partial charge in [0.25, 0.3) is 0 Å². The van der Waals surface area contributed by atoms with Gasteiger partial charge in [0.1, 0.15) is 0 Å². The van der Waals surface area contributed by atoms with Crippen LogP contribution in [-0.2, 0) is 9.53 Å². The molecule has 0 aliphatic heterocycles. The molecule has 3 aliphatic carbocycles. The number of nitrogens with zero attached hydrogens (tertiary/aromatic N) is 1. The van der Waals surface area contributed by atoms with Crippen LogP contribution in [0.5, 0.6) is 0 Å². The van der Waals surface area contributed by atoms with E-state index in [1.807, 2.05) is 24.3 Å². The Morgan fingerprint density at radius 1 is 1.27 bits per heavy atom. The number of carbonyl (C=O) groups is 1. The first-order valence-corrected chi connectivity index (χ1v) is 7.94. The Hall–Kier alpha value is -2.02. The molecule has 4 rings (SSSR count). The summed E-state index contributed by atoms with van der Waals surface area (Å²) in [5.41, 5.74) is 1.76. The van der Waals surface area contributed by atoms with Gasteiger partial charge in [0.2, 0.25) is 0 Å². The molecule has 1 N–H and O–H groups in total. The number of ether oxygens (including phenoxy) is 1. The number of nitrogens with one attached hydrogen (secondary N) is 1. The number of rotatable bonds is 4. The van der Waals surface area contributed by atoms with Crippen molar-refractivity contribution in [3.05, 3.63) is 29.8 Å². The highest BCUT2D eigenvalue weighted by atomic mass is 16.5. The summed E-state index contributed by atoms with van der Waals surface area (Å²) in [6.07, 6.45) is 6.06. The zero-order valence-corrected chi connectivity index (χ0v) is 13.0. The molecule has 3 aliphatic rings.